The number of nitrogens with two attached hydrogens (primary N) is 1. The summed E-state index contributed by atoms with van der Waals surface area (Å²) in [7, 11) is 3.86. The minimum atomic E-state index is 0.389. The summed E-state index contributed by atoms with van der Waals surface area (Å²) >= 11 is 0. The molecule has 6 nitrogen and oxygen atoms in total. The molecule has 2 aromatic heterocycles. The van der Waals surface area contributed by atoms with Crippen LogP contribution in [-0.2, 0) is 20.1 Å². The summed E-state index contributed by atoms with van der Waals surface area (Å²) in [5.41, 5.74) is 6.22. The molecule has 2 N–H and O–H groups in total. The van der Waals surface area contributed by atoms with E-state index >= 15 is 0 Å². The van der Waals surface area contributed by atoms with Crippen LogP contribution >= 0.6 is 0 Å². The first-order valence-electron chi connectivity index (χ1n) is 5.02. The lowest BCUT2D eigenvalue weighted by Crippen LogP contribution is -2.19. The summed E-state index contributed by atoms with van der Waals surface area (Å²) < 4.78 is 7.27. The molecule has 0 spiro atoms. The molecule has 2 heterocycles. The van der Waals surface area contributed by atoms with E-state index < -0.39 is 0 Å². The van der Waals surface area contributed by atoms with Crippen molar-refractivity contribution >= 4 is 6.01 Å². The van der Waals surface area contributed by atoms with Gasteiger partial charge in [-0.25, -0.2) is 4.98 Å². The van der Waals surface area contributed by atoms with Gasteiger partial charge in [-0.3, -0.25) is 0 Å². The number of nitrogens with zero attached hydrogens (tertiary/aromatic N) is 4. The summed E-state index contributed by atoms with van der Waals surface area (Å²) in [4.78, 5) is 10.4. The van der Waals surface area contributed by atoms with Gasteiger partial charge in [-0.15, -0.1) is 0 Å². The van der Waals surface area contributed by atoms with Crippen molar-refractivity contribution in [3.05, 3.63) is 30.2 Å². The molecular weight excluding hydrogens is 206 g/mol. The second kappa shape index (κ2) is 4.36. The van der Waals surface area contributed by atoms with E-state index in [2.05, 4.69) is 9.97 Å². The van der Waals surface area contributed by atoms with Crippen LogP contribution in [0.15, 0.2) is 23.1 Å². The van der Waals surface area contributed by atoms with Crippen molar-refractivity contribution in [1.29, 1.82) is 0 Å². The van der Waals surface area contributed by atoms with Gasteiger partial charge in [0.25, 0.3) is 6.01 Å². The minimum absolute atomic E-state index is 0.389. The standard InChI is InChI=1S/C10H15N5O/c1-14-4-3-12-9(14)6-15(2)10-13-8(5-11)7-16-10/h3-4,7H,5-6,11H2,1-2H3. The van der Waals surface area contributed by atoms with Gasteiger partial charge < -0.3 is 19.6 Å². The third kappa shape index (κ3) is 2.06. The molecule has 0 bridgehead atoms. The molecule has 0 aromatic carbocycles. The predicted octanol–water partition coefficient (Wildman–Crippen LogP) is 0.503. The van der Waals surface area contributed by atoms with Gasteiger partial charge in [-0.1, -0.05) is 0 Å². The quantitative estimate of drug-likeness (QED) is 0.814. The van der Waals surface area contributed by atoms with Crippen molar-refractivity contribution in [2.45, 2.75) is 13.1 Å². The van der Waals surface area contributed by atoms with Gasteiger partial charge in [0.15, 0.2) is 0 Å². The van der Waals surface area contributed by atoms with Gasteiger partial charge in [-0.2, -0.15) is 4.98 Å². The fourth-order valence-electron chi connectivity index (χ4n) is 1.39. The molecule has 0 unspecified atom stereocenters. The van der Waals surface area contributed by atoms with Crippen LogP contribution in [0.25, 0.3) is 0 Å². The fraction of sp³-hybridized carbons (Fsp3) is 0.400. The zero-order valence-corrected chi connectivity index (χ0v) is 9.42. The van der Waals surface area contributed by atoms with Gasteiger partial charge in [0.1, 0.15) is 12.1 Å². The molecule has 0 amide bonds. The van der Waals surface area contributed by atoms with Crippen molar-refractivity contribution in [2.24, 2.45) is 12.8 Å². The van der Waals surface area contributed by atoms with E-state index in [0.29, 0.717) is 19.1 Å². The molecule has 86 valence electrons. The van der Waals surface area contributed by atoms with Gasteiger partial charge in [0.2, 0.25) is 0 Å². The topological polar surface area (TPSA) is 73.1 Å². The first-order valence-corrected chi connectivity index (χ1v) is 5.02. The molecule has 0 saturated carbocycles. The maximum Gasteiger partial charge on any atom is 0.297 e. The maximum absolute atomic E-state index is 5.47. The van der Waals surface area contributed by atoms with E-state index in [1.807, 2.05) is 29.8 Å². The summed E-state index contributed by atoms with van der Waals surface area (Å²) in [6, 6.07) is 0.559. The van der Waals surface area contributed by atoms with Crippen molar-refractivity contribution in [1.82, 2.24) is 14.5 Å². The van der Waals surface area contributed by atoms with E-state index in [0.717, 1.165) is 11.5 Å². The lowest BCUT2D eigenvalue weighted by molar-refractivity contribution is 0.539. The number of rotatable bonds is 4. The number of oxazole rings is 1. The summed E-state index contributed by atoms with van der Waals surface area (Å²) in [6.07, 6.45) is 5.25. The highest BCUT2D eigenvalue weighted by Crippen LogP contribution is 2.13. The van der Waals surface area contributed by atoms with Crippen LogP contribution in [0.2, 0.25) is 0 Å². The third-order valence-electron chi connectivity index (χ3n) is 2.37. The van der Waals surface area contributed by atoms with E-state index in [1.54, 1.807) is 12.5 Å². The van der Waals surface area contributed by atoms with Crippen LogP contribution in [0.1, 0.15) is 11.5 Å². The number of imidazole rings is 1. The van der Waals surface area contributed by atoms with Crippen LogP contribution in [-0.4, -0.2) is 21.6 Å². The molecule has 0 aliphatic heterocycles. The zero-order valence-electron chi connectivity index (χ0n) is 9.42. The monoisotopic (exact) mass is 221 g/mol. The Bertz CT molecular complexity index is 461. The predicted molar refractivity (Wildman–Crippen MR) is 59.7 cm³/mol. The molecule has 2 rings (SSSR count). The lowest BCUT2D eigenvalue weighted by Gasteiger charge is -2.13. The Labute approximate surface area is 93.7 Å². The minimum Gasteiger partial charge on any atom is -0.432 e. The number of hydrogen-bond donors (Lipinski definition) is 1. The normalized spacial score (nSPS) is 10.7. The Kier molecular flexibility index (Phi) is 2.91. The average molecular weight is 221 g/mol. The van der Waals surface area contributed by atoms with Crippen LogP contribution in [0, 0.1) is 0 Å². The molecule has 16 heavy (non-hydrogen) atoms. The second-order valence-electron chi connectivity index (χ2n) is 3.64. The molecule has 0 fully saturated rings. The zero-order chi connectivity index (χ0) is 11.5. The van der Waals surface area contributed by atoms with Crippen LogP contribution < -0.4 is 10.6 Å². The number of hydrogen-bond acceptors (Lipinski definition) is 5. The number of anilines is 1. The smallest absolute Gasteiger partial charge is 0.297 e. The maximum atomic E-state index is 5.47. The summed E-state index contributed by atoms with van der Waals surface area (Å²) in [5.74, 6) is 0.954. The molecule has 0 aliphatic carbocycles. The highest BCUT2D eigenvalue weighted by molar-refractivity contribution is 5.25. The van der Waals surface area contributed by atoms with Crippen LogP contribution in [0.4, 0.5) is 6.01 Å². The molecule has 0 saturated heterocycles. The Balaban J connectivity index is 2.08. The van der Waals surface area contributed by atoms with Crippen molar-refractivity contribution in [3.8, 4) is 0 Å². The Morgan fingerprint density at radius 3 is 2.94 bits per heavy atom. The molecule has 0 radical (unpaired) electrons. The Hall–Kier alpha value is -1.82. The molecular formula is C10H15N5O. The van der Waals surface area contributed by atoms with Gasteiger partial charge in [0, 0.05) is 33.0 Å². The van der Waals surface area contributed by atoms with Crippen molar-refractivity contribution in [2.75, 3.05) is 11.9 Å². The average Bonchev–Trinajstić information content (AvgIpc) is 2.88. The van der Waals surface area contributed by atoms with E-state index in [4.69, 9.17) is 10.2 Å². The Morgan fingerprint density at radius 1 is 1.56 bits per heavy atom. The third-order valence-corrected chi connectivity index (χ3v) is 2.37. The summed E-state index contributed by atoms with van der Waals surface area (Å²) in [5, 5.41) is 0. The Morgan fingerprint density at radius 2 is 2.38 bits per heavy atom. The number of aryl methyl sites for hydroxylation is 1. The molecule has 2 aromatic rings. The van der Waals surface area contributed by atoms with Gasteiger partial charge >= 0.3 is 0 Å². The highest BCUT2D eigenvalue weighted by atomic mass is 16.4. The highest BCUT2D eigenvalue weighted by Gasteiger charge is 2.10. The van der Waals surface area contributed by atoms with Crippen molar-refractivity contribution in [3.63, 3.8) is 0 Å². The first-order chi connectivity index (χ1) is 7.70. The fourth-order valence-corrected chi connectivity index (χ4v) is 1.39. The number of aromatic nitrogens is 3. The molecule has 6 heteroatoms. The SMILES string of the molecule is CN(Cc1nccn1C)c1nc(CN)co1. The second-order valence-corrected chi connectivity index (χ2v) is 3.64. The lowest BCUT2D eigenvalue weighted by atomic mass is 10.5. The van der Waals surface area contributed by atoms with Crippen LogP contribution in [0.5, 0.6) is 0 Å². The van der Waals surface area contributed by atoms with Gasteiger partial charge in [-0.05, 0) is 0 Å². The van der Waals surface area contributed by atoms with Crippen LogP contribution in [0.3, 0.4) is 0 Å². The summed E-state index contributed by atoms with van der Waals surface area (Å²) in [6.45, 7) is 1.04. The molecule has 0 atom stereocenters. The van der Waals surface area contributed by atoms with E-state index in [9.17, 15) is 0 Å². The molecule has 0 aliphatic rings. The first kappa shape index (κ1) is 10.7. The van der Waals surface area contributed by atoms with Gasteiger partial charge in [0.05, 0.1) is 12.2 Å². The van der Waals surface area contributed by atoms with Crippen molar-refractivity contribution < 1.29 is 4.42 Å². The largest absolute Gasteiger partial charge is 0.432 e. The van der Waals surface area contributed by atoms with E-state index in [-0.39, 0.29) is 0 Å². The van der Waals surface area contributed by atoms with E-state index in [1.165, 1.54) is 0 Å².